The molecule has 0 heterocycles. The zero-order chi connectivity index (χ0) is 15.8. The Morgan fingerprint density at radius 2 is 2.24 bits per heavy atom. The zero-order valence-corrected chi connectivity index (χ0v) is 11.6. The number of anilines is 1. The van der Waals surface area contributed by atoms with Crippen LogP contribution in [0.3, 0.4) is 0 Å². The third kappa shape index (κ3) is 5.45. The number of aliphatic hydroxyl groups excluding tert-OH is 1. The fraction of sp³-hybridized carbons (Fsp3) is 0.429. The van der Waals surface area contributed by atoms with Crippen LogP contribution in [0.15, 0.2) is 24.3 Å². The number of nitriles is 1. The van der Waals surface area contributed by atoms with E-state index in [2.05, 4.69) is 5.32 Å². The van der Waals surface area contributed by atoms with Crippen molar-refractivity contribution in [3.63, 3.8) is 0 Å². The molecule has 1 aromatic rings. The van der Waals surface area contributed by atoms with Crippen LogP contribution in [0.25, 0.3) is 0 Å². The average molecular weight is 297 g/mol. The fourth-order valence-corrected chi connectivity index (χ4v) is 1.83. The summed E-state index contributed by atoms with van der Waals surface area (Å²) in [5.74, 6) is -0.473. The third-order valence-corrected chi connectivity index (χ3v) is 2.95. The van der Waals surface area contributed by atoms with Crippen LogP contribution in [-0.4, -0.2) is 48.1 Å². The Morgan fingerprint density at radius 1 is 1.52 bits per heavy atom. The van der Waals surface area contributed by atoms with Gasteiger partial charge in [0.15, 0.2) is 0 Å². The average Bonchev–Trinajstić information content (AvgIpc) is 2.45. The first kappa shape index (κ1) is 17.0. The van der Waals surface area contributed by atoms with Gasteiger partial charge in [0.05, 0.1) is 30.8 Å². The second kappa shape index (κ2) is 8.29. The summed E-state index contributed by atoms with van der Waals surface area (Å²) in [7, 11) is 0. The number of halogens is 2. The number of carbonyl (C=O) groups excluding carboxylic acids is 1. The number of rotatable bonds is 7. The van der Waals surface area contributed by atoms with Crippen LogP contribution in [0.4, 0.5) is 14.5 Å². The summed E-state index contributed by atoms with van der Waals surface area (Å²) in [4.78, 5) is 13.3. The molecule has 7 heteroatoms. The lowest BCUT2D eigenvalue weighted by Gasteiger charge is -2.27. The summed E-state index contributed by atoms with van der Waals surface area (Å²) in [6.45, 7) is 0.570. The highest BCUT2D eigenvalue weighted by molar-refractivity contribution is 5.94. The van der Waals surface area contributed by atoms with Crippen LogP contribution < -0.4 is 5.32 Å². The van der Waals surface area contributed by atoms with E-state index in [1.54, 1.807) is 18.2 Å². The maximum absolute atomic E-state index is 12.5. The van der Waals surface area contributed by atoms with Crippen molar-refractivity contribution in [3.8, 4) is 6.07 Å². The van der Waals surface area contributed by atoms with E-state index in [1.807, 2.05) is 6.07 Å². The summed E-state index contributed by atoms with van der Waals surface area (Å²) >= 11 is 0. The summed E-state index contributed by atoms with van der Waals surface area (Å²) in [5.41, 5.74) is 0.812. The van der Waals surface area contributed by atoms with E-state index < -0.39 is 24.9 Å². The predicted molar refractivity (Wildman–Crippen MR) is 73.9 cm³/mol. The molecule has 1 aromatic carbocycles. The number of nitrogens with one attached hydrogen (secondary N) is 1. The minimum atomic E-state index is -2.59. The van der Waals surface area contributed by atoms with Gasteiger partial charge in [0.2, 0.25) is 5.91 Å². The van der Waals surface area contributed by atoms with E-state index in [-0.39, 0.29) is 13.2 Å². The van der Waals surface area contributed by atoms with Crippen LogP contribution in [0.1, 0.15) is 12.5 Å². The minimum absolute atomic E-state index is 0.0167. The number of alkyl halides is 2. The van der Waals surface area contributed by atoms with E-state index >= 15 is 0 Å². The van der Waals surface area contributed by atoms with Gasteiger partial charge in [0.25, 0.3) is 6.43 Å². The van der Waals surface area contributed by atoms with Crippen molar-refractivity contribution in [1.29, 1.82) is 5.26 Å². The first-order valence-electron chi connectivity index (χ1n) is 6.42. The molecule has 1 rings (SSSR count). The molecule has 5 nitrogen and oxygen atoms in total. The number of hydrogen-bond donors (Lipinski definition) is 2. The van der Waals surface area contributed by atoms with E-state index in [9.17, 15) is 13.6 Å². The van der Waals surface area contributed by atoms with E-state index in [0.717, 1.165) is 0 Å². The first-order chi connectivity index (χ1) is 9.97. The van der Waals surface area contributed by atoms with E-state index in [4.69, 9.17) is 10.4 Å². The van der Waals surface area contributed by atoms with Gasteiger partial charge in [-0.05, 0) is 25.1 Å². The molecule has 0 aliphatic carbocycles. The van der Waals surface area contributed by atoms with Crippen LogP contribution in [0.2, 0.25) is 0 Å². The van der Waals surface area contributed by atoms with Crippen molar-refractivity contribution < 1.29 is 18.7 Å². The molecule has 1 unspecified atom stereocenters. The lowest BCUT2D eigenvalue weighted by Crippen LogP contribution is -2.45. The molecule has 114 valence electrons. The van der Waals surface area contributed by atoms with Gasteiger partial charge >= 0.3 is 0 Å². The van der Waals surface area contributed by atoms with Gasteiger partial charge in [0, 0.05) is 12.2 Å². The normalized spacial score (nSPS) is 12.2. The molecule has 0 saturated carbocycles. The number of benzene rings is 1. The maximum Gasteiger partial charge on any atom is 0.251 e. The Kier molecular flexibility index (Phi) is 6.72. The van der Waals surface area contributed by atoms with Crippen LogP contribution in [-0.2, 0) is 4.79 Å². The quantitative estimate of drug-likeness (QED) is 0.798. The van der Waals surface area contributed by atoms with Gasteiger partial charge in [-0.25, -0.2) is 8.78 Å². The molecule has 0 aromatic heterocycles. The van der Waals surface area contributed by atoms with Crippen molar-refractivity contribution in [2.75, 3.05) is 25.0 Å². The zero-order valence-electron chi connectivity index (χ0n) is 11.6. The lowest BCUT2D eigenvalue weighted by molar-refractivity contribution is -0.121. The number of amides is 1. The van der Waals surface area contributed by atoms with E-state index in [1.165, 1.54) is 17.9 Å². The molecule has 0 aliphatic heterocycles. The monoisotopic (exact) mass is 297 g/mol. The van der Waals surface area contributed by atoms with Gasteiger partial charge in [-0.3, -0.25) is 9.69 Å². The molecule has 2 N–H and O–H groups in total. The summed E-state index contributed by atoms with van der Waals surface area (Å²) < 4.78 is 24.9. The molecular weight excluding hydrogens is 280 g/mol. The molecule has 21 heavy (non-hydrogen) atoms. The molecule has 0 spiro atoms. The van der Waals surface area contributed by atoms with Crippen molar-refractivity contribution in [2.24, 2.45) is 0 Å². The molecule has 0 radical (unpaired) electrons. The molecule has 0 aliphatic rings. The summed E-state index contributed by atoms with van der Waals surface area (Å²) in [6.07, 6.45) is -2.59. The van der Waals surface area contributed by atoms with Gasteiger partial charge in [-0.15, -0.1) is 0 Å². The van der Waals surface area contributed by atoms with Gasteiger partial charge < -0.3 is 10.4 Å². The Morgan fingerprint density at radius 3 is 2.81 bits per heavy atom. The van der Waals surface area contributed by atoms with Gasteiger partial charge in [0.1, 0.15) is 0 Å². The topological polar surface area (TPSA) is 76.4 Å². The van der Waals surface area contributed by atoms with Crippen molar-refractivity contribution >= 4 is 11.6 Å². The Bertz CT molecular complexity index is 517. The molecular formula is C14H17F2N3O2. The first-order valence-corrected chi connectivity index (χ1v) is 6.42. The summed E-state index contributed by atoms with van der Waals surface area (Å²) in [5, 5.41) is 20.2. The van der Waals surface area contributed by atoms with Crippen molar-refractivity contribution in [1.82, 2.24) is 4.90 Å². The van der Waals surface area contributed by atoms with Crippen LogP contribution in [0, 0.1) is 11.3 Å². The fourth-order valence-electron chi connectivity index (χ4n) is 1.83. The Labute approximate surface area is 121 Å². The van der Waals surface area contributed by atoms with Crippen molar-refractivity contribution in [3.05, 3.63) is 29.8 Å². The molecule has 0 saturated heterocycles. The number of aliphatic hydroxyl groups is 1. The minimum Gasteiger partial charge on any atom is -0.395 e. The molecule has 1 atom stereocenters. The highest BCUT2D eigenvalue weighted by atomic mass is 19.3. The Balaban J connectivity index is 2.73. The number of hydrogen-bond acceptors (Lipinski definition) is 4. The maximum atomic E-state index is 12.5. The standard InChI is InChI=1S/C14H17F2N3O2/c1-10(19(5-6-20)9-13(15)16)14(21)18-12-4-2-3-11(7-12)8-17/h2-4,7,10,13,20H,5-6,9H2,1H3,(H,18,21). The van der Waals surface area contributed by atoms with Crippen molar-refractivity contribution in [2.45, 2.75) is 19.4 Å². The number of nitrogens with zero attached hydrogens (tertiary/aromatic N) is 2. The third-order valence-electron chi connectivity index (χ3n) is 2.95. The Hall–Kier alpha value is -2.04. The predicted octanol–water partition coefficient (Wildman–Crippen LogP) is 1.44. The van der Waals surface area contributed by atoms with Crippen LogP contribution in [0.5, 0.6) is 0 Å². The van der Waals surface area contributed by atoms with Crippen LogP contribution >= 0.6 is 0 Å². The second-order valence-electron chi connectivity index (χ2n) is 4.47. The lowest BCUT2D eigenvalue weighted by atomic mass is 10.2. The highest BCUT2D eigenvalue weighted by Gasteiger charge is 2.23. The molecule has 0 bridgehead atoms. The number of carbonyl (C=O) groups is 1. The largest absolute Gasteiger partial charge is 0.395 e. The SMILES string of the molecule is CC(C(=O)Nc1cccc(C#N)c1)N(CCO)CC(F)F. The van der Waals surface area contributed by atoms with Gasteiger partial charge in [-0.2, -0.15) is 5.26 Å². The second-order valence-corrected chi connectivity index (χ2v) is 4.47. The highest BCUT2D eigenvalue weighted by Crippen LogP contribution is 2.12. The molecule has 1 amide bonds. The smallest absolute Gasteiger partial charge is 0.251 e. The molecule has 0 fully saturated rings. The van der Waals surface area contributed by atoms with E-state index in [0.29, 0.717) is 11.3 Å². The van der Waals surface area contributed by atoms with Gasteiger partial charge in [-0.1, -0.05) is 6.07 Å². The summed E-state index contributed by atoms with van der Waals surface area (Å²) in [6, 6.07) is 7.43.